The first-order valence-corrected chi connectivity index (χ1v) is 10.3. The molecule has 0 aliphatic rings. The summed E-state index contributed by atoms with van der Waals surface area (Å²) < 4.78 is 1.92. The molecule has 2 aromatic rings. The van der Waals surface area contributed by atoms with Gasteiger partial charge in [-0.25, -0.2) is 4.99 Å². The van der Waals surface area contributed by atoms with Gasteiger partial charge in [0.1, 0.15) is 0 Å². The summed E-state index contributed by atoms with van der Waals surface area (Å²) in [6.07, 6.45) is 5.69. The van der Waals surface area contributed by atoms with E-state index in [0.29, 0.717) is 18.4 Å². The second-order valence-electron chi connectivity index (χ2n) is 7.61. The SMILES string of the molecule is CCNC(=NCc1cccc(Cn2cccn2)c1)NCC(CCO)CC(C)C. The summed E-state index contributed by atoms with van der Waals surface area (Å²) in [5.74, 6) is 1.90. The zero-order valence-electron chi connectivity index (χ0n) is 17.4. The van der Waals surface area contributed by atoms with E-state index >= 15 is 0 Å². The zero-order valence-corrected chi connectivity index (χ0v) is 17.4. The van der Waals surface area contributed by atoms with Gasteiger partial charge in [-0.05, 0) is 48.8 Å². The van der Waals surface area contributed by atoms with E-state index in [0.717, 1.165) is 38.4 Å². The van der Waals surface area contributed by atoms with Crippen molar-refractivity contribution in [1.29, 1.82) is 0 Å². The maximum Gasteiger partial charge on any atom is 0.191 e. The Morgan fingerprint density at radius 3 is 2.71 bits per heavy atom. The first-order valence-electron chi connectivity index (χ1n) is 10.3. The standard InChI is InChI=1S/C22H35N5O/c1-4-23-22(25-16-20(9-12-28)13-18(2)3)24-15-19-7-5-8-21(14-19)17-27-11-6-10-26-27/h5-8,10-11,14,18,20,28H,4,9,12-13,15-17H2,1-3H3,(H2,23,24,25). The molecule has 1 aromatic heterocycles. The lowest BCUT2D eigenvalue weighted by molar-refractivity contribution is 0.243. The van der Waals surface area contributed by atoms with E-state index in [2.05, 4.69) is 60.8 Å². The predicted molar refractivity (Wildman–Crippen MR) is 115 cm³/mol. The molecule has 0 spiro atoms. The van der Waals surface area contributed by atoms with Crippen LogP contribution in [0.2, 0.25) is 0 Å². The summed E-state index contributed by atoms with van der Waals surface area (Å²) in [5, 5.41) is 20.3. The van der Waals surface area contributed by atoms with Crippen LogP contribution in [0.1, 0.15) is 44.7 Å². The number of aliphatic imine (C=N–C) groups is 1. The quantitative estimate of drug-likeness (QED) is 0.411. The molecular formula is C22H35N5O. The number of guanidine groups is 1. The summed E-state index contributed by atoms with van der Waals surface area (Å²) in [6.45, 7) is 9.78. The number of hydrogen-bond donors (Lipinski definition) is 3. The van der Waals surface area contributed by atoms with Crippen LogP contribution in [0.15, 0.2) is 47.7 Å². The predicted octanol–water partition coefficient (Wildman–Crippen LogP) is 3.03. The topological polar surface area (TPSA) is 74.5 Å². The maximum atomic E-state index is 9.31. The lowest BCUT2D eigenvalue weighted by Gasteiger charge is -2.20. The number of nitrogens with zero attached hydrogens (tertiary/aromatic N) is 3. The molecule has 1 heterocycles. The van der Waals surface area contributed by atoms with Crippen LogP contribution in [0.5, 0.6) is 0 Å². The van der Waals surface area contributed by atoms with Crippen molar-refractivity contribution in [3.63, 3.8) is 0 Å². The Hall–Kier alpha value is -2.34. The van der Waals surface area contributed by atoms with Gasteiger partial charge in [0.25, 0.3) is 0 Å². The molecular weight excluding hydrogens is 350 g/mol. The van der Waals surface area contributed by atoms with Gasteiger partial charge in [0.15, 0.2) is 5.96 Å². The van der Waals surface area contributed by atoms with Gasteiger partial charge in [0.2, 0.25) is 0 Å². The van der Waals surface area contributed by atoms with E-state index in [4.69, 9.17) is 4.99 Å². The largest absolute Gasteiger partial charge is 0.396 e. The van der Waals surface area contributed by atoms with E-state index in [1.807, 2.05) is 16.9 Å². The van der Waals surface area contributed by atoms with Crippen molar-refractivity contribution in [2.24, 2.45) is 16.8 Å². The fourth-order valence-electron chi connectivity index (χ4n) is 3.31. The minimum absolute atomic E-state index is 0.232. The molecule has 0 saturated carbocycles. The Morgan fingerprint density at radius 2 is 2.04 bits per heavy atom. The van der Waals surface area contributed by atoms with Crippen LogP contribution in [0.4, 0.5) is 0 Å². The number of hydrogen-bond acceptors (Lipinski definition) is 3. The first-order chi connectivity index (χ1) is 13.6. The Labute approximate surface area is 169 Å². The van der Waals surface area contributed by atoms with E-state index in [1.54, 1.807) is 6.20 Å². The van der Waals surface area contributed by atoms with Gasteiger partial charge in [-0.15, -0.1) is 0 Å². The number of aliphatic hydroxyl groups excluding tert-OH is 1. The van der Waals surface area contributed by atoms with E-state index < -0.39 is 0 Å². The zero-order chi connectivity index (χ0) is 20.2. The molecule has 0 bridgehead atoms. The van der Waals surface area contributed by atoms with Gasteiger partial charge in [-0.3, -0.25) is 4.68 Å². The van der Waals surface area contributed by atoms with Crippen LogP contribution < -0.4 is 10.6 Å². The third-order valence-corrected chi connectivity index (χ3v) is 4.56. The van der Waals surface area contributed by atoms with Crippen molar-refractivity contribution in [2.75, 3.05) is 19.7 Å². The second kappa shape index (κ2) is 12.2. The highest BCUT2D eigenvalue weighted by molar-refractivity contribution is 5.79. The van der Waals surface area contributed by atoms with Crippen molar-refractivity contribution in [1.82, 2.24) is 20.4 Å². The van der Waals surface area contributed by atoms with Gasteiger partial charge >= 0.3 is 0 Å². The highest BCUT2D eigenvalue weighted by Gasteiger charge is 2.11. The Morgan fingerprint density at radius 1 is 1.21 bits per heavy atom. The van der Waals surface area contributed by atoms with Crippen LogP contribution in [-0.4, -0.2) is 40.5 Å². The number of benzene rings is 1. The smallest absolute Gasteiger partial charge is 0.191 e. The van der Waals surface area contributed by atoms with E-state index in [-0.39, 0.29) is 6.61 Å². The molecule has 28 heavy (non-hydrogen) atoms. The lowest BCUT2D eigenvalue weighted by atomic mass is 9.94. The second-order valence-corrected chi connectivity index (χ2v) is 7.61. The number of rotatable bonds is 11. The van der Waals surface area contributed by atoms with Crippen molar-refractivity contribution in [3.05, 3.63) is 53.9 Å². The molecule has 1 unspecified atom stereocenters. The van der Waals surface area contributed by atoms with Crippen LogP contribution >= 0.6 is 0 Å². The van der Waals surface area contributed by atoms with Gasteiger partial charge in [0.05, 0.1) is 13.1 Å². The minimum Gasteiger partial charge on any atom is -0.396 e. The summed E-state index contributed by atoms with van der Waals surface area (Å²) in [7, 11) is 0. The van der Waals surface area contributed by atoms with Crippen molar-refractivity contribution < 1.29 is 5.11 Å². The maximum absolute atomic E-state index is 9.31. The highest BCUT2D eigenvalue weighted by atomic mass is 16.3. The molecule has 154 valence electrons. The number of aromatic nitrogens is 2. The summed E-state index contributed by atoms with van der Waals surface area (Å²) >= 11 is 0. The lowest BCUT2D eigenvalue weighted by Crippen LogP contribution is -2.40. The molecule has 2 rings (SSSR count). The number of aliphatic hydroxyl groups is 1. The van der Waals surface area contributed by atoms with Crippen LogP contribution in [0.3, 0.4) is 0 Å². The molecule has 1 atom stereocenters. The average Bonchev–Trinajstić information content (AvgIpc) is 3.17. The van der Waals surface area contributed by atoms with E-state index in [9.17, 15) is 5.11 Å². The molecule has 0 radical (unpaired) electrons. The van der Waals surface area contributed by atoms with Gasteiger partial charge in [-0.2, -0.15) is 5.10 Å². The first kappa shape index (κ1) is 22.0. The fourth-order valence-corrected chi connectivity index (χ4v) is 3.31. The molecule has 3 N–H and O–H groups in total. The van der Waals surface area contributed by atoms with Gasteiger partial charge in [-0.1, -0.05) is 38.1 Å². The van der Waals surface area contributed by atoms with Crippen LogP contribution in [0.25, 0.3) is 0 Å². The molecule has 0 fully saturated rings. The molecule has 0 saturated heterocycles. The molecule has 6 nitrogen and oxygen atoms in total. The van der Waals surface area contributed by atoms with Gasteiger partial charge < -0.3 is 15.7 Å². The number of nitrogens with one attached hydrogen (secondary N) is 2. The summed E-state index contributed by atoms with van der Waals surface area (Å²) in [5.41, 5.74) is 2.39. The molecule has 0 aliphatic heterocycles. The normalized spacial score (nSPS) is 13.0. The summed E-state index contributed by atoms with van der Waals surface area (Å²) in [4.78, 5) is 4.74. The minimum atomic E-state index is 0.232. The third kappa shape index (κ3) is 8.13. The average molecular weight is 386 g/mol. The van der Waals surface area contributed by atoms with Crippen LogP contribution in [0, 0.1) is 11.8 Å². The Balaban J connectivity index is 1.95. The molecule has 0 amide bonds. The molecule has 0 aliphatic carbocycles. The fraction of sp³-hybridized carbons (Fsp3) is 0.545. The van der Waals surface area contributed by atoms with Crippen molar-refractivity contribution in [2.45, 2.75) is 46.7 Å². The Bertz CT molecular complexity index is 697. The molecule has 6 heteroatoms. The monoisotopic (exact) mass is 385 g/mol. The Kier molecular flexibility index (Phi) is 9.55. The van der Waals surface area contributed by atoms with Crippen molar-refractivity contribution in [3.8, 4) is 0 Å². The van der Waals surface area contributed by atoms with E-state index in [1.165, 1.54) is 11.1 Å². The third-order valence-electron chi connectivity index (χ3n) is 4.56. The van der Waals surface area contributed by atoms with Crippen molar-refractivity contribution >= 4 is 5.96 Å². The summed E-state index contributed by atoms with van der Waals surface area (Å²) in [6, 6.07) is 10.4. The van der Waals surface area contributed by atoms with Crippen LogP contribution in [-0.2, 0) is 13.1 Å². The molecule has 1 aromatic carbocycles. The van der Waals surface area contributed by atoms with Gasteiger partial charge in [0, 0.05) is 32.1 Å². The highest BCUT2D eigenvalue weighted by Crippen LogP contribution is 2.14.